The third-order valence-electron chi connectivity index (χ3n) is 5.12. The number of halogens is 1. The van der Waals surface area contributed by atoms with Crippen LogP contribution in [-0.2, 0) is 11.3 Å². The second-order valence-corrected chi connectivity index (χ2v) is 6.83. The first-order valence-corrected chi connectivity index (χ1v) is 9.35. The van der Waals surface area contributed by atoms with Gasteiger partial charge in [-0.15, -0.1) is 0 Å². The molecule has 2 aromatic carbocycles. The summed E-state index contributed by atoms with van der Waals surface area (Å²) in [6.45, 7) is 2.55. The third-order valence-corrected chi connectivity index (χ3v) is 5.12. The largest absolute Gasteiger partial charge is 0.366 e. The van der Waals surface area contributed by atoms with Crippen LogP contribution in [0.15, 0.2) is 59.7 Å². The van der Waals surface area contributed by atoms with E-state index in [0.29, 0.717) is 49.3 Å². The molecule has 144 valence electrons. The molecule has 3 aromatic rings. The summed E-state index contributed by atoms with van der Waals surface area (Å²) < 4.78 is 15.4. The van der Waals surface area contributed by atoms with Crippen molar-refractivity contribution in [1.29, 1.82) is 0 Å². The van der Waals surface area contributed by atoms with E-state index in [0.717, 1.165) is 0 Å². The van der Waals surface area contributed by atoms with Crippen molar-refractivity contribution in [2.24, 2.45) is 0 Å². The van der Waals surface area contributed by atoms with Gasteiger partial charge in [0.2, 0.25) is 5.91 Å². The summed E-state index contributed by atoms with van der Waals surface area (Å²) in [5.74, 6) is -0.251. The van der Waals surface area contributed by atoms with E-state index >= 15 is 0 Å². The topological polar surface area (TPSA) is 58.4 Å². The number of anilines is 1. The lowest BCUT2D eigenvalue weighted by Crippen LogP contribution is -2.49. The number of fused-ring (bicyclic) bond motifs is 1. The number of rotatable bonds is 4. The molecule has 0 unspecified atom stereocenters. The predicted molar refractivity (Wildman–Crippen MR) is 106 cm³/mol. The lowest BCUT2D eigenvalue weighted by Gasteiger charge is -2.36. The fraction of sp³-hybridized carbons (Fsp3) is 0.286. The third kappa shape index (κ3) is 3.60. The van der Waals surface area contributed by atoms with Crippen LogP contribution in [0.2, 0.25) is 0 Å². The average molecular weight is 380 g/mol. The predicted octanol–water partition coefficient (Wildman–Crippen LogP) is 2.27. The Kier molecular flexibility index (Phi) is 5.06. The number of aryl methyl sites for hydroxylation is 1. The maximum Gasteiger partial charge on any atom is 0.261 e. The SMILES string of the molecule is O=C(CCn1cnc2ccccc2c1=O)N1CCN(c2ccccc2F)CC1. The van der Waals surface area contributed by atoms with Crippen molar-refractivity contribution in [2.45, 2.75) is 13.0 Å². The number of hydrogen-bond donors (Lipinski definition) is 0. The van der Waals surface area contributed by atoms with Gasteiger partial charge in [0.1, 0.15) is 5.82 Å². The molecule has 1 aliphatic heterocycles. The summed E-state index contributed by atoms with van der Waals surface area (Å²) in [6.07, 6.45) is 1.73. The summed E-state index contributed by atoms with van der Waals surface area (Å²) in [7, 11) is 0. The number of carbonyl (C=O) groups is 1. The normalized spacial score (nSPS) is 14.5. The highest BCUT2D eigenvalue weighted by atomic mass is 19.1. The smallest absolute Gasteiger partial charge is 0.261 e. The second-order valence-electron chi connectivity index (χ2n) is 6.83. The van der Waals surface area contributed by atoms with Crippen LogP contribution in [-0.4, -0.2) is 46.5 Å². The molecule has 1 aromatic heterocycles. The zero-order valence-electron chi connectivity index (χ0n) is 15.4. The molecule has 28 heavy (non-hydrogen) atoms. The quantitative estimate of drug-likeness (QED) is 0.697. The molecule has 7 heteroatoms. The van der Waals surface area contributed by atoms with Gasteiger partial charge in [-0.1, -0.05) is 24.3 Å². The summed E-state index contributed by atoms with van der Waals surface area (Å²) in [5.41, 5.74) is 1.09. The molecular weight excluding hydrogens is 359 g/mol. The molecular formula is C21H21FN4O2. The van der Waals surface area contributed by atoms with Gasteiger partial charge in [-0.25, -0.2) is 9.37 Å². The Hall–Kier alpha value is -3.22. The van der Waals surface area contributed by atoms with Gasteiger partial charge < -0.3 is 9.80 Å². The molecule has 1 saturated heterocycles. The van der Waals surface area contributed by atoms with Gasteiger partial charge in [0.25, 0.3) is 5.56 Å². The number of nitrogens with zero attached hydrogens (tertiary/aromatic N) is 4. The van der Waals surface area contributed by atoms with Crippen LogP contribution in [0.5, 0.6) is 0 Å². The molecule has 4 rings (SSSR count). The fourth-order valence-corrected chi connectivity index (χ4v) is 3.54. The van der Waals surface area contributed by atoms with Gasteiger partial charge in [-0.05, 0) is 24.3 Å². The van der Waals surface area contributed by atoms with Crippen molar-refractivity contribution in [2.75, 3.05) is 31.1 Å². The van der Waals surface area contributed by atoms with Crippen LogP contribution in [0.1, 0.15) is 6.42 Å². The molecule has 0 bridgehead atoms. The van der Waals surface area contributed by atoms with E-state index in [-0.39, 0.29) is 23.7 Å². The summed E-state index contributed by atoms with van der Waals surface area (Å²) in [5, 5.41) is 0.552. The number of amides is 1. The first-order valence-electron chi connectivity index (χ1n) is 9.35. The van der Waals surface area contributed by atoms with Crippen LogP contribution >= 0.6 is 0 Å². The van der Waals surface area contributed by atoms with Crippen molar-refractivity contribution in [3.63, 3.8) is 0 Å². The minimum atomic E-state index is -0.245. The number of benzene rings is 2. The average Bonchev–Trinajstić information content (AvgIpc) is 2.74. The molecule has 0 atom stereocenters. The number of hydrogen-bond acceptors (Lipinski definition) is 4. The van der Waals surface area contributed by atoms with E-state index in [2.05, 4.69) is 4.98 Å². The summed E-state index contributed by atoms with van der Waals surface area (Å²) in [6, 6.07) is 13.9. The lowest BCUT2D eigenvalue weighted by atomic mass is 10.2. The maximum atomic E-state index is 13.9. The van der Waals surface area contributed by atoms with Gasteiger partial charge in [0.15, 0.2) is 0 Å². The molecule has 0 saturated carbocycles. The molecule has 1 fully saturated rings. The summed E-state index contributed by atoms with van der Waals surface area (Å²) >= 11 is 0. The molecule has 1 amide bonds. The maximum absolute atomic E-state index is 13.9. The van der Waals surface area contributed by atoms with E-state index in [1.54, 1.807) is 35.2 Å². The van der Waals surface area contributed by atoms with Crippen LogP contribution in [0, 0.1) is 5.82 Å². The van der Waals surface area contributed by atoms with Crippen LogP contribution < -0.4 is 10.5 Å². The van der Waals surface area contributed by atoms with Crippen LogP contribution in [0.3, 0.4) is 0 Å². The summed E-state index contributed by atoms with van der Waals surface area (Å²) in [4.78, 5) is 33.1. The Morgan fingerprint density at radius 2 is 1.71 bits per heavy atom. The first kappa shape index (κ1) is 18.2. The highest BCUT2D eigenvalue weighted by Gasteiger charge is 2.22. The molecule has 0 spiro atoms. The Morgan fingerprint density at radius 1 is 1.00 bits per heavy atom. The van der Waals surface area contributed by atoms with Crippen molar-refractivity contribution < 1.29 is 9.18 Å². The molecule has 2 heterocycles. The fourth-order valence-electron chi connectivity index (χ4n) is 3.54. The monoisotopic (exact) mass is 380 g/mol. The zero-order valence-corrected chi connectivity index (χ0v) is 15.4. The van der Waals surface area contributed by atoms with E-state index < -0.39 is 0 Å². The van der Waals surface area contributed by atoms with Crippen molar-refractivity contribution in [3.8, 4) is 0 Å². The Balaban J connectivity index is 1.36. The van der Waals surface area contributed by atoms with Crippen LogP contribution in [0.25, 0.3) is 10.9 Å². The minimum Gasteiger partial charge on any atom is -0.366 e. The van der Waals surface area contributed by atoms with Crippen molar-refractivity contribution in [1.82, 2.24) is 14.5 Å². The van der Waals surface area contributed by atoms with Gasteiger partial charge in [-0.3, -0.25) is 14.2 Å². The lowest BCUT2D eigenvalue weighted by molar-refractivity contribution is -0.131. The standard InChI is InChI=1S/C21H21FN4O2/c22-17-6-2-4-8-19(17)24-11-13-25(14-12-24)20(27)9-10-26-15-23-18-7-3-1-5-16(18)21(26)28/h1-8,15H,9-14H2. The second kappa shape index (κ2) is 7.80. The Bertz CT molecular complexity index is 1060. The number of aromatic nitrogens is 2. The molecule has 0 radical (unpaired) electrons. The van der Waals surface area contributed by atoms with E-state index in [1.807, 2.05) is 17.0 Å². The molecule has 0 N–H and O–H groups in total. The zero-order chi connectivity index (χ0) is 19.5. The van der Waals surface area contributed by atoms with Gasteiger partial charge in [0, 0.05) is 39.1 Å². The first-order chi connectivity index (χ1) is 13.6. The van der Waals surface area contributed by atoms with Gasteiger partial charge in [0.05, 0.1) is 22.9 Å². The van der Waals surface area contributed by atoms with Crippen molar-refractivity contribution >= 4 is 22.5 Å². The van der Waals surface area contributed by atoms with E-state index in [4.69, 9.17) is 0 Å². The van der Waals surface area contributed by atoms with E-state index in [9.17, 15) is 14.0 Å². The van der Waals surface area contributed by atoms with Crippen molar-refractivity contribution in [3.05, 3.63) is 71.0 Å². The Morgan fingerprint density at radius 3 is 2.50 bits per heavy atom. The number of para-hydroxylation sites is 2. The molecule has 0 aliphatic carbocycles. The minimum absolute atomic E-state index is 0.00626. The van der Waals surface area contributed by atoms with Gasteiger partial charge >= 0.3 is 0 Å². The number of piperazine rings is 1. The van der Waals surface area contributed by atoms with Gasteiger partial charge in [-0.2, -0.15) is 0 Å². The highest BCUT2D eigenvalue weighted by molar-refractivity contribution is 5.78. The molecule has 1 aliphatic rings. The van der Waals surface area contributed by atoms with E-state index in [1.165, 1.54) is 17.0 Å². The van der Waals surface area contributed by atoms with Crippen LogP contribution in [0.4, 0.5) is 10.1 Å². The molecule has 6 nitrogen and oxygen atoms in total. The highest BCUT2D eigenvalue weighted by Crippen LogP contribution is 2.20. The number of carbonyl (C=O) groups excluding carboxylic acids is 1. The Labute approximate surface area is 161 Å².